The topological polar surface area (TPSA) is 84.7 Å². The van der Waals surface area contributed by atoms with E-state index in [4.69, 9.17) is 9.47 Å². The maximum atomic E-state index is 11.4. The molecule has 0 fully saturated rings. The Morgan fingerprint density at radius 3 is 2.31 bits per heavy atom. The van der Waals surface area contributed by atoms with Crippen LogP contribution in [0.2, 0.25) is 0 Å². The number of methoxy groups -OCH3 is 2. The second-order valence-electron chi connectivity index (χ2n) is 2.89. The fraction of sp³-hybridized carbons (Fsp3) is 0.333. The van der Waals surface area contributed by atoms with E-state index in [1.54, 1.807) is 0 Å². The van der Waals surface area contributed by atoms with Gasteiger partial charge in [0.05, 0.1) is 31.3 Å². The molecular formula is C9H11NO5S. The van der Waals surface area contributed by atoms with Crippen molar-refractivity contribution in [3.8, 4) is 11.5 Å². The lowest BCUT2D eigenvalue weighted by molar-refractivity contribution is -0.385. The smallest absolute Gasteiger partial charge is 0.278 e. The summed E-state index contributed by atoms with van der Waals surface area (Å²) in [5, 5.41) is 10.7. The first-order valence-electron chi connectivity index (χ1n) is 4.25. The van der Waals surface area contributed by atoms with E-state index in [1.807, 2.05) is 0 Å². The fourth-order valence-corrected chi connectivity index (χ4v) is 1.97. The molecule has 0 N–H and O–H groups in total. The summed E-state index contributed by atoms with van der Waals surface area (Å²) < 4.78 is 21.4. The van der Waals surface area contributed by atoms with E-state index < -0.39 is 16.1 Å². The molecule has 1 unspecified atom stereocenters. The Bertz CT molecular complexity index is 407. The number of benzene rings is 1. The van der Waals surface area contributed by atoms with E-state index in [9.17, 15) is 14.7 Å². The molecular weight excluding hydrogens is 234 g/mol. The van der Waals surface area contributed by atoms with E-state index in [-0.39, 0.29) is 22.1 Å². The lowest BCUT2D eigenvalue weighted by atomic mass is 10.3. The molecule has 0 radical (unpaired) electrons. The molecule has 0 aliphatic rings. The quantitative estimate of drug-likeness (QED) is 0.454. The third-order valence-corrected chi connectivity index (χ3v) is 2.87. The lowest BCUT2D eigenvalue weighted by Gasteiger charge is -2.12. The third kappa shape index (κ3) is 2.37. The van der Waals surface area contributed by atoms with Crippen LogP contribution >= 0.6 is 0 Å². The summed E-state index contributed by atoms with van der Waals surface area (Å²) in [5.41, 5.74) is -0.178. The van der Waals surface area contributed by atoms with Crippen LogP contribution in [0.4, 0.5) is 5.69 Å². The van der Waals surface area contributed by atoms with Crippen molar-refractivity contribution in [2.75, 3.05) is 20.5 Å². The molecule has 0 bridgehead atoms. The molecule has 6 nitrogen and oxygen atoms in total. The van der Waals surface area contributed by atoms with Gasteiger partial charge in [-0.2, -0.15) is 0 Å². The molecule has 1 rings (SSSR count). The highest BCUT2D eigenvalue weighted by molar-refractivity contribution is 7.90. The third-order valence-electron chi connectivity index (χ3n) is 1.95. The predicted molar refractivity (Wildman–Crippen MR) is 58.5 cm³/mol. The largest absolute Gasteiger partial charge is 0.612 e. The summed E-state index contributed by atoms with van der Waals surface area (Å²) in [6.45, 7) is 0. The van der Waals surface area contributed by atoms with Gasteiger partial charge in [0.15, 0.2) is 5.75 Å². The molecule has 0 aliphatic heterocycles. The number of non-ortho nitro benzene ring substituents is 1. The van der Waals surface area contributed by atoms with Gasteiger partial charge in [-0.05, 0) is 11.2 Å². The zero-order chi connectivity index (χ0) is 12.3. The molecule has 88 valence electrons. The number of nitro benzene ring substituents is 1. The summed E-state index contributed by atoms with van der Waals surface area (Å²) in [7, 11) is 2.75. The van der Waals surface area contributed by atoms with Crippen molar-refractivity contribution in [3.63, 3.8) is 0 Å². The summed E-state index contributed by atoms with van der Waals surface area (Å²) in [4.78, 5) is 10.3. The molecule has 16 heavy (non-hydrogen) atoms. The van der Waals surface area contributed by atoms with E-state index in [1.165, 1.54) is 32.6 Å². The standard InChI is InChI=1S/C9H11NO5S/c1-14-7-4-6(10(11)12)5-8(16(3)13)9(7)15-2/h4-5H,1-3H3. The average Bonchev–Trinajstić information content (AvgIpc) is 2.26. The highest BCUT2D eigenvalue weighted by Gasteiger charge is 2.23. The summed E-state index contributed by atoms with van der Waals surface area (Å²) in [6.07, 6.45) is 1.42. The Morgan fingerprint density at radius 2 is 1.94 bits per heavy atom. The van der Waals surface area contributed by atoms with E-state index in [0.29, 0.717) is 0 Å². The molecule has 7 heteroatoms. The van der Waals surface area contributed by atoms with Crippen LogP contribution in [0.25, 0.3) is 0 Å². The predicted octanol–water partition coefficient (Wildman–Crippen LogP) is 1.35. The fourth-order valence-electron chi connectivity index (χ4n) is 1.23. The summed E-state index contributed by atoms with van der Waals surface area (Å²) in [6, 6.07) is 2.45. The molecule has 1 aromatic carbocycles. The van der Waals surface area contributed by atoms with Crippen LogP contribution in [0.3, 0.4) is 0 Å². The minimum Gasteiger partial charge on any atom is -0.612 e. The average molecular weight is 245 g/mol. The van der Waals surface area contributed by atoms with Gasteiger partial charge in [0.25, 0.3) is 5.69 Å². The second kappa shape index (κ2) is 5.04. The molecule has 1 aromatic rings. The molecule has 1 atom stereocenters. The van der Waals surface area contributed by atoms with Crippen molar-refractivity contribution in [2.24, 2.45) is 0 Å². The van der Waals surface area contributed by atoms with E-state index in [2.05, 4.69) is 0 Å². The minimum absolute atomic E-state index is 0.178. The van der Waals surface area contributed by atoms with Crippen LogP contribution in [0.1, 0.15) is 0 Å². The number of hydrogen-bond acceptors (Lipinski definition) is 5. The Labute approximate surface area is 95.5 Å². The van der Waals surface area contributed by atoms with Crippen LogP contribution in [0.15, 0.2) is 17.0 Å². The van der Waals surface area contributed by atoms with Crippen molar-refractivity contribution >= 4 is 16.9 Å². The SMILES string of the molecule is COc1cc([N+](=O)[O-])cc([S+](C)[O-])c1OC. The van der Waals surface area contributed by atoms with Gasteiger partial charge in [-0.1, -0.05) is 0 Å². The van der Waals surface area contributed by atoms with Gasteiger partial charge < -0.3 is 14.0 Å². The van der Waals surface area contributed by atoms with Gasteiger partial charge in [0.2, 0.25) is 10.6 Å². The van der Waals surface area contributed by atoms with Gasteiger partial charge in [-0.3, -0.25) is 10.1 Å². The van der Waals surface area contributed by atoms with Gasteiger partial charge in [-0.15, -0.1) is 0 Å². The zero-order valence-electron chi connectivity index (χ0n) is 9.05. The maximum Gasteiger partial charge on any atom is 0.278 e. The lowest BCUT2D eigenvalue weighted by Crippen LogP contribution is -2.04. The normalized spacial score (nSPS) is 12.0. The number of hydrogen-bond donors (Lipinski definition) is 0. The Morgan fingerprint density at radius 1 is 1.31 bits per heavy atom. The number of nitrogens with zero attached hydrogens (tertiary/aromatic N) is 1. The van der Waals surface area contributed by atoms with Gasteiger partial charge in [0, 0.05) is 0 Å². The highest BCUT2D eigenvalue weighted by Crippen LogP contribution is 2.37. The summed E-state index contributed by atoms with van der Waals surface area (Å²) in [5.74, 6) is 0.454. The first-order valence-corrected chi connectivity index (χ1v) is 5.81. The van der Waals surface area contributed by atoms with Crippen molar-refractivity contribution in [3.05, 3.63) is 22.2 Å². The molecule has 0 spiro atoms. The van der Waals surface area contributed by atoms with Crippen molar-refractivity contribution < 1.29 is 18.9 Å². The van der Waals surface area contributed by atoms with E-state index in [0.717, 1.165) is 0 Å². The van der Waals surface area contributed by atoms with Crippen LogP contribution in [0, 0.1) is 10.1 Å². The molecule has 0 heterocycles. The number of nitro groups is 1. The van der Waals surface area contributed by atoms with E-state index >= 15 is 0 Å². The highest BCUT2D eigenvalue weighted by atomic mass is 32.2. The monoisotopic (exact) mass is 245 g/mol. The Balaban J connectivity index is 3.43. The molecule has 0 aliphatic carbocycles. The van der Waals surface area contributed by atoms with Crippen LogP contribution in [0.5, 0.6) is 11.5 Å². The van der Waals surface area contributed by atoms with Crippen LogP contribution in [-0.2, 0) is 11.2 Å². The first-order chi connectivity index (χ1) is 7.51. The first kappa shape index (κ1) is 12.6. The van der Waals surface area contributed by atoms with Crippen LogP contribution in [-0.4, -0.2) is 30.0 Å². The zero-order valence-corrected chi connectivity index (χ0v) is 9.87. The second-order valence-corrected chi connectivity index (χ2v) is 4.24. The van der Waals surface area contributed by atoms with Gasteiger partial charge >= 0.3 is 0 Å². The maximum absolute atomic E-state index is 11.4. The molecule has 0 aromatic heterocycles. The minimum atomic E-state index is -1.39. The Hall–Kier alpha value is -1.47. The van der Waals surface area contributed by atoms with Crippen LogP contribution < -0.4 is 9.47 Å². The molecule has 0 saturated carbocycles. The Kier molecular flexibility index (Phi) is 3.97. The summed E-state index contributed by atoms with van der Waals surface area (Å²) >= 11 is -1.39. The number of rotatable bonds is 4. The van der Waals surface area contributed by atoms with Gasteiger partial charge in [-0.25, -0.2) is 0 Å². The molecule has 0 amide bonds. The van der Waals surface area contributed by atoms with Crippen molar-refractivity contribution in [1.29, 1.82) is 0 Å². The van der Waals surface area contributed by atoms with Crippen molar-refractivity contribution in [2.45, 2.75) is 4.90 Å². The van der Waals surface area contributed by atoms with Crippen molar-refractivity contribution in [1.82, 2.24) is 0 Å². The molecule has 0 saturated heterocycles. The van der Waals surface area contributed by atoms with Gasteiger partial charge in [0.1, 0.15) is 6.26 Å². The number of ether oxygens (including phenoxy) is 2.